The number of hydrogen-bond donors (Lipinski definition) is 0. The van der Waals surface area contributed by atoms with Crippen LogP contribution < -0.4 is 4.74 Å². The van der Waals surface area contributed by atoms with Crippen molar-refractivity contribution in [2.75, 3.05) is 12.9 Å². The predicted octanol–water partition coefficient (Wildman–Crippen LogP) is 3.56. The molecule has 0 atom stereocenters. The van der Waals surface area contributed by atoms with Gasteiger partial charge < -0.3 is 4.74 Å². The minimum Gasteiger partial charge on any atom is -0.497 e. The van der Waals surface area contributed by atoms with E-state index >= 15 is 0 Å². The molecule has 0 N–H and O–H groups in total. The van der Waals surface area contributed by atoms with E-state index in [1.807, 2.05) is 60.0 Å². The molecule has 6 heteroatoms. The molecular formula is C18H17N3O2S. The van der Waals surface area contributed by atoms with Gasteiger partial charge in [0.1, 0.15) is 12.1 Å². The zero-order chi connectivity index (χ0) is 16.9. The molecule has 0 spiro atoms. The maximum atomic E-state index is 12.3. The Morgan fingerprint density at radius 3 is 2.75 bits per heavy atom. The second-order valence-electron chi connectivity index (χ2n) is 5.26. The van der Waals surface area contributed by atoms with Crippen LogP contribution in [0.4, 0.5) is 0 Å². The fourth-order valence-corrected chi connectivity index (χ4v) is 3.04. The van der Waals surface area contributed by atoms with Gasteiger partial charge in [-0.15, -0.1) is 10.2 Å². The van der Waals surface area contributed by atoms with Crippen molar-refractivity contribution in [1.82, 2.24) is 14.8 Å². The molecule has 0 bridgehead atoms. The van der Waals surface area contributed by atoms with E-state index in [4.69, 9.17) is 4.74 Å². The van der Waals surface area contributed by atoms with E-state index in [0.717, 1.165) is 17.0 Å². The van der Waals surface area contributed by atoms with Crippen LogP contribution in [0.3, 0.4) is 0 Å². The van der Waals surface area contributed by atoms with Crippen molar-refractivity contribution in [2.45, 2.75) is 12.1 Å². The number of ether oxygens (including phenoxy) is 1. The molecule has 0 amide bonds. The number of aryl methyl sites for hydroxylation is 1. The average Bonchev–Trinajstić information content (AvgIpc) is 3.09. The maximum Gasteiger partial charge on any atom is 0.196 e. The first kappa shape index (κ1) is 16.3. The van der Waals surface area contributed by atoms with Crippen LogP contribution in [0.15, 0.2) is 60.0 Å². The Morgan fingerprint density at radius 2 is 2.00 bits per heavy atom. The summed E-state index contributed by atoms with van der Waals surface area (Å²) in [6.07, 6.45) is 1.63. The fourth-order valence-electron chi connectivity index (χ4n) is 2.21. The first-order valence-electron chi connectivity index (χ1n) is 7.44. The highest BCUT2D eigenvalue weighted by Gasteiger charge is 2.12. The van der Waals surface area contributed by atoms with Crippen LogP contribution in [0, 0.1) is 6.92 Å². The number of aromatic nitrogens is 3. The van der Waals surface area contributed by atoms with E-state index in [2.05, 4.69) is 10.2 Å². The highest BCUT2D eigenvalue weighted by Crippen LogP contribution is 2.23. The van der Waals surface area contributed by atoms with E-state index in [9.17, 15) is 4.79 Å². The first-order chi connectivity index (χ1) is 11.7. The van der Waals surface area contributed by atoms with Gasteiger partial charge >= 0.3 is 0 Å². The third-order valence-corrected chi connectivity index (χ3v) is 4.50. The lowest BCUT2D eigenvalue weighted by Gasteiger charge is -2.07. The van der Waals surface area contributed by atoms with Crippen LogP contribution in [-0.2, 0) is 0 Å². The Bertz CT molecular complexity index is 843. The number of methoxy groups -OCH3 is 1. The summed E-state index contributed by atoms with van der Waals surface area (Å²) < 4.78 is 7.09. The van der Waals surface area contributed by atoms with Crippen molar-refractivity contribution in [1.29, 1.82) is 0 Å². The molecule has 1 heterocycles. The van der Waals surface area contributed by atoms with E-state index in [-0.39, 0.29) is 5.78 Å². The van der Waals surface area contributed by atoms with Gasteiger partial charge in [-0.05, 0) is 19.1 Å². The highest BCUT2D eigenvalue weighted by atomic mass is 32.2. The number of nitrogens with zero attached hydrogens (tertiary/aromatic N) is 3. The lowest BCUT2D eigenvalue weighted by Crippen LogP contribution is -2.04. The van der Waals surface area contributed by atoms with E-state index < -0.39 is 0 Å². The maximum absolute atomic E-state index is 12.3. The molecule has 122 valence electrons. The van der Waals surface area contributed by atoms with Gasteiger partial charge in [-0.1, -0.05) is 47.7 Å². The summed E-state index contributed by atoms with van der Waals surface area (Å²) in [4.78, 5) is 12.3. The van der Waals surface area contributed by atoms with Gasteiger partial charge in [-0.3, -0.25) is 9.36 Å². The van der Waals surface area contributed by atoms with Crippen LogP contribution in [0.5, 0.6) is 5.75 Å². The van der Waals surface area contributed by atoms with Gasteiger partial charge in [0.05, 0.1) is 18.6 Å². The number of carbonyl (C=O) groups excluding carboxylic acids is 1. The third kappa shape index (κ3) is 3.65. The summed E-state index contributed by atoms with van der Waals surface area (Å²) in [5.74, 6) is 1.14. The van der Waals surface area contributed by atoms with E-state index in [1.54, 1.807) is 13.4 Å². The van der Waals surface area contributed by atoms with Crippen LogP contribution in [0.1, 0.15) is 15.9 Å². The van der Waals surface area contributed by atoms with Crippen molar-refractivity contribution in [3.8, 4) is 11.4 Å². The number of carbonyl (C=O) groups is 1. The first-order valence-corrected chi connectivity index (χ1v) is 8.43. The largest absolute Gasteiger partial charge is 0.497 e. The summed E-state index contributed by atoms with van der Waals surface area (Å²) in [5, 5.41) is 8.74. The Balaban J connectivity index is 1.74. The molecule has 24 heavy (non-hydrogen) atoms. The average molecular weight is 339 g/mol. The summed E-state index contributed by atoms with van der Waals surface area (Å²) in [5.41, 5.74) is 2.74. The van der Waals surface area contributed by atoms with Crippen LogP contribution in [0.25, 0.3) is 5.69 Å². The molecule has 0 saturated carbocycles. The molecule has 0 aliphatic heterocycles. The Kier molecular flexibility index (Phi) is 4.96. The smallest absolute Gasteiger partial charge is 0.196 e. The monoisotopic (exact) mass is 339 g/mol. The van der Waals surface area contributed by atoms with Crippen molar-refractivity contribution in [3.05, 3.63) is 66.0 Å². The van der Waals surface area contributed by atoms with Crippen molar-refractivity contribution >= 4 is 17.5 Å². The number of rotatable bonds is 6. The Labute approximate surface area is 144 Å². The molecule has 0 unspecified atom stereocenters. The summed E-state index contributed by atoms with van der Waals surface area (Å²) >= 11 is 1.37. The summed E-state index contributed by atoms with van der Waals surface area (Å²) in [6.45, 7) is 2.00. The molecule has 0 saturated heterocycles. The predicted molar refractivity (Wildman–Crippen MR) is 94.1 cm³/mol. The van der Waals surface area contributed by atoms with Gasteiger partial charge in [0.2, 0.25) is 0 Å². The Hall–Kier alpha value is -2.60. The molecule has 2 aromatic carbocycles. The van der Waals surface area contributed by atoms with Crippen LogP contribution in [0.2, 0.25) is 0 Å². The molecule has 3 rings (SSSR count). The molecule has 0 fully saturated rings. The third-order valence-electron chi connectivity index (χ3n) is 3.55. The summed E-state index contributed by atoms with van der Waals surface area (Å²) in [7, 11) is 1.63. The number of thioether (sulfide) groups is 1. The number of benzene rings is 2. The number of ketones is 1. The zero-order valence-corrected chi connectivity index (χ0v) is 14.3. The van der Waals surface area contributed by atoms with Gasteiger partial charge in [-0.25, -0.2) is 0 Å². The normalized spacial score (nSPS) is 10.6. The minimum atomic E-state index is 0.0696. The fraction of sp³-hybridized carbons (Fsp3) is 0.167. The molecule has 0 aliphatic carbocycles. The molecule has 1 aromatic heterocycles. The van der Waals surface area contributed by atoms with Gasteiger partial charge in [0, 0.05) is 11.6 Å². The topological polar surface area (TPSA) is 57.0 Å². The van der Waals surface area contributed by atoms with Crippen molar-refractivity contribution in [2.24, 2.45) is 0 Å². The van der Waals surface area contributed by atoms with Crippen LogP contribution >= 0.6 is 11.8 Å². The molecule has 0 radical (unpaired) electrons. The molecular weight excluding hydrogens is 322 g/mol. The lowest BCUT2D eigenvalue weighted by atomic mass is 10.1. The quantitative estimate of drug-likeness (QED) is 0.508. The SMILES string of the molecule is COc1cccc(-n2cnnc2SCC(=O)c2ccc(C)cc2)c1. The number of Topliss-reactive ketones (excluding diaryl/α,β-unsaturated/α-hetero) is 1. The molecule has 3 aromatic rings. The Morgan fingerprint density at radius 1 is 1.21 bits per heavy atom. The standard InChI is InChI=1S/C18H17N3O2S/c1-13-6-8-14(9-7-13)17(22)11-24-18-20-19-12-21(18)15-4-3-5-16(10-15)23-2/h3-10,12H,11H2,1-2H3. The second-order valence-corrected chi connectivity index (χ2v) is 6.21. The van der Waals surface area contributed by atoms with E-state index in [0.29, 0.717) is 16.5 Å². The highest BCUT2D eigenvalue weighted by molar-refractivity contribution is 7.99. The van der Waals surface area contributed by atoms with Gasteiger partial charge in [0.25, 0.3) is 0 Å². The zero-order valence-electron chi connectivity index (χ0n) is 13.5. The van der Waals surface area contributed by atoms with Gasteiger partial charge in [0.15, 0.2) is 10.9 Å². The lowest BCUT2D eigenvalue weighted by molar-refractivity contribution is 0.102. The second kappa shape index (κ2) is 7.31. The van der Waals surface area contributed by atoms with Crippen molar-refractivity contribution < 1.29 is 9.53 Å². The molecule has 5 nitrogen and oxygen atoms in total. The summed E-state index contributed by atoms with van der Waals surface area (Å²) in [6, 6.07) is 15.2. The van der Waals surface area contributed by atoms with Crippen molar-refractivity contribution in [3.63, 3.8) is 0 Å². The molecule has 0 aliphatic rings. The minimum absolute atomic E-state index is 0.0696. The van der Waals surface area contributed by atoms with Crippen LogP contribution in [-0.4, -0.2) is 33.4 Å². The van der Waals surface area contributed by atoms with Gasteiger partial charge in [-0.2, -0.15) is 0 Å². The number of hydrogen-bond acceptors (Lipinski definition) is 5. The van der Waals surface area contributed by atoms with E-state index in [1.165, 1.54) is 11.8 Å².